The topological polar surface area (TPSA) is 44.1 Å². The van der Waals surface area contributed by atoms with Crippen molar-refractivity contribution in [3.63, 3.8) is 0 Å². The van der Waals surface area contributed by atoms with E-state index in [0.29, 0.717) is 11.8 Å². The summed E-state index contributed by atoms with van der Waals surface area (Å²) in [6.45, 7) is 4.21. The number of fused-ring (bicyclic) bond motifs is 1. The van der Waals surface area contributed by atoms with Crippen molar-refractivity contribution >= 4 is 16.7 Å². The number of aromatic nitrogens is 2. The van der Waals surface area contributed by atoms with Gasteiger partial charge in [0.15, 0.2) is 6.61 Å². The van der Waals surface area contributed by atoms with Crippen LogP contribution in [0.1, 0.15) is 53.5 Å². The Morgan fingerprint density at radius 1 is 1.19 bits per heavy atom. The van der Waals surface area contributed by atoms with Crippen molar-refractivity contribution in [2.24, 2.45) is 0 Å². The van der Waals surface area contributed by atoms with Crippen LogP contribution < -0.4 is 4.74 Å². The molecular formula is C22H24N2O2. The number of ketones is 1. The Kier molecular flexibility index (Phi) is 4.49. The molecule has 0 bridgehead atoms. The minimum absolute atomic E-state index is 0.0358. The summed E-state index contributed by atoms with van der Waals surface area (Å²) >= 11 is 0. The smallest absolute Gasteiger partial charge is 0.202 e. The van der Waals surface area contributed by atoms with Gasteiger partial charge in [0.1, 0.15) is 5.75 Å². The summed E-state index contributed by atoms with van der Waals surface area (Å²) in [5.74, 6) is 0.733. The molecule has 0 unspecified atom stereocenters. The summed E-state index contributed by atoms with van der Waals surface area (Å²) < 4.78 is 8.12. The highest BCUT2D eigenvalue weighted by molar-refractivity contribution is 5.98. The number of Topliss-reactive ketones (excluding diaryl/α,β-unsaturated/α-hetero) is 1. The molecule has 4 heteroatoms. The van der Waals surface area contributed by atoms with Gasteiger partial charge in [0, 0.05) is 34.6 Å². The molecule has 2 aromatic heterocycles. The minimum Gasteiger partial charge on any atom is -0.485 e. The van der Waals surface area contributed by atoms with E-state index in [1.165, 1.54) is 31.4 Å². The van der Waals surface area contributed by atoms with Gasteiger partial charge in [-0.25, -0.2) is 0 Å². The molecule has 1 saturated carbocycles. The molecule has 134 valence electrons. The van der Waals surface area contributed by atoms with Gasteiger partial charge < -0.3 is 9.30 Å². The molecule has 0 aliphatic heterocycles. The highest BCUT2D eigenvalue weighted by Crippen LogP contribution is 2.33. The molecule has 2 heterocycles. The Hall–Kier alpha value is -2.62. The van der Waals surface area contributed by atoms with Crippen LogP contribution in [0.2, 0.25) is 0 Å². The third-order valence-electron chi connectivity index (χ3n) is 5.42. The molecule has 1 aliphatic rings. The fourth-order valence-corrected chi connectivity index (χ4v) is 4.15. The van der Waals surface area contributed by atoms with Crippen LogP contribution in [0.25, 0.3) is 10.9 Å². The Morgan fingerprint density at radius 3 is 2.81 bits per heavy atom. The maximum atomic E-state index is 12.7. The Bertz CT molecular complexity index is 952. The maximum absolute atomic E-state index is 12.7. The first-order valence-electron chi connectivity index (χ1n) is 9.32. The van der Waals surface area contributed by atoms with Crippen LogP contribution in [0.5, 0.6) is 5.75 Å². The van der Waals surface area contributed by atoms with Crippen molar-refractivity contribution in [1.82, 2.24) is 9.55 Å². The number of benzene rings is 1. The average Bonchev–Trinajstić information content (AvgIpc) is 3.27. The van der Waals surface area contributed by atoms with Gasteiger partial charge in [-0.1, -0.05) is 18.9 Å². The minimum atomic E-state index is 0.0358. The molecule has 0 N–H and O–H groups in total. The van der Waals surface area contributed by atoms with Crippen LogP contribution >= 0.6 is 0 Å². The van der Waals surface area contributed by atoms with Gasteiger partial charge >= 0.3 is 0 Å². The van der Waals surface area contributed by atoms with E-state index in [1.54, 1.807) is 6.20 Å². The molecule has 0 amide bonds. The zero-order valence-corrected chi connectivity index (χ0v) is 15.4. The van der Waals surface area contributed by atoms with Crippen molar-refractivity contribution in [1.29, 1.82) is 0 Å². The van der Waals surface area contributed by atoms with E-state index >= 15 is 0 Å². The molecule has 0 spiro atoms. The van der Waals surface area contributed by atoms with E-state index in [0.717, 1.165) is 22.2 Å². The molecule has 1 fully saturated rings. The number of ether oxygens (including phenoxy) is 1. The lowest BCUT2D eigenvalue weighted by molar-refractivity contribution is 0.0921. The molecule has 0 atom stereocenters. The fraction of sp³-hybridized carbons (Fsp3) is 0.364. The molecule has 26 heavy (non-hydrogen) atoms. The SMILES string of the molecule is Cc1cc(C(=O)COc2ccc3ncccc3c2)c(C)n1C1CCCC1. The number of nitrogens with zero attached hydrogens (tertiary/aromatic N) is 2. The van der Waals surface area contributed by atoms with Crippen molar-refractivity contribution < 1.29 is 9.53 Å². The first-order chi connectivity index (χ1) is 12.6. The Balaban J connectivity index is 1.50. The van der Waals surface area contributed by atoms with E-state index in [-0.39, 0.29) is 12.4 Å². The second kappa shape index (κ2) is 6.94. The Labute approximate surface area is 153 Å². The first kappa shape index (κ1) is 16.8. The number of rotatable bonds is 5. The monoisotopic (exact) mass is 348 g/mol. The standard InChI is InChI=1S/C22H24N2O2/c1-15-12-20(16(2)24(15)18-7-3-4-8-18)22(25)14-26-19-9-10-21-17(13-19)6-5-11-23-21/h5-6,9-13,18H,3-4,7-8,14H2,1-2H3. The van der Waals surface area contributed by atoms with Crippen LogP contribution in [0.4, 0.5) is 0 Å². The third kappa shape index (κ3) is 3.12. The van der Waals surface area contributed by atoms with Gasteiger partial charge in [0.2, 0.25) is 5.78 Å². The predicted octanol–water partition coefficient (Wildman–Crippen LogP) is 5.03. The number of carbonyl (C=O) groups excluding carboxylic acids is 1. The zero-order chi connectivity index (χ0) is 18.1. The van der Waals surface area contributed by atoms with Crippen molar-refractivity contribution in [3.8, 4) is 5.75 Å². The molecule has 0 saturated heterocycles. The van der Waals surface area contributed by atoms with Crippen LogP contribution in [0.15, 0.2) is 42.6 Å². The highest BCUT2D eigenvalue weighted by Gasteiger charge is 2.23. The van der Waals surface area contributed by atoms with Crippen molar-refractivity contribution in [2.45, 2.75) is 45.6 Å². The largest absolute Gasteiger partial charge is 0.485 e. The van der Waals surface area contributed by atoms with Gasteiger partial charge in [-0.3, -0.25) is 9.78 Å². The maximum Gasteiger partial charge on any atom is 0.202 e. The summed E-state index contributed by atoms with van der Waals surface area (Å²) in [5, 5.41) is 1.01. The van der Waals surface area contributed by atoms with Crippen LogP contribution in [0.3, 0.4) is 0 Å². The number of hydrogen-bond donors (Lipinski definition) is 0. The lowest BCUT2D eigenvalue weighted by Crippen LogP contribution is -2.14. The van der Waals surface area contributed by atoms with Gasteiger partial charge in [-0.05, 0) is 57.0 Å². The van der Waals surface area contributed by atoms with Crippen molar-refractivity contribution in [2.75, 3.05) is 6.61 Å². The number of pyridine rings is 1. The molecular weight excluding hydrogens is 324 g/mol. The van der Waals surface area contributed by atoms with E-state index < -0.39 is 0 Å². The summed E-state index contributed by atoms with van der Waals surface area (Å²) in [7, 11) is 0. The van der Waals surface area contributed by atoms with Gasteiger partial charge in [0.05, 0.1) is 5.52 Å². The van der Waals surface area contributed by atoms with E-state index in [4.69, 9.17) is 4.74 Å². The zero-order valence-electron chi connectivity index (χ0n) is 15.4. The van der Waals surface area contributed by atoms with E-state index in [2.05, 4.69) is 23.4 Å². The normalized spacial score (nSPS) is 14.8. The molecule has 1 aliphatic carbocycles. The van der Waals surface area contributed by atoms with E-state index in [1.807, 2.05) is 36.4 Å². The number of aryl methyl sites for hydroxylation is 1. The third-order valence-corrected chi connectivity index (χ3v) is 5.42. The summed E-state index contributed by atoms with van der Waals surface area (Å²) in [4.78, 5) is 17.0. The Morgan fingerprint density at radius 2 is 2.00 bits per heavy atom. The molecule has 3 aromatic rings. The fourth-order valence-electron chi connectivity index (χ4n) is 4.15. The number of carbonyl (C=O) groups is 1. The molecule has 4 rings (SSSR count). The van der Waals surface area contributed by atoms with Gasteiger partial charge in [-0.15, -0.1) is 0 Å². The van der Waals surface area contributed by atoms with E-state index in [9.17, 15) is 4.79 Å². The predicted molar refractivity (Wildman–Crippen MR) is 103 cm³/mol. The molecule has 4 nitrogen and oxygen atoms in total. The second-order valence-electron chi connectivity index (χ2n) is 7.16. The van der Waals surface area contributed by atoms with Crippen molar-refractivity contribution in [3.05, 3.63) is 59.5 Å². The van der Waals surface area contributed by atoms with Crippen LogP contribution in [0, 0.1) is 13.8 Å². The van der Waals surface area contributed by atoms with Crippen LogP contribution in [-0.4, -0.2) is 21.9 Å². The molecule has 0 radical (unpaired) electrons. The summed E-state index contributed by atoms with van der Waals surface area (Å²) in [5.41, 5.74) is 3.96. The lowest BCUT2D eigenvalue weighted by atomic mass is 10.1. The summed E-state index contributed by atoms with van der Waals surface area (Å²) in [6.07, 6.45) is 6.76. The highest BCUT2D eigenvalue weighted by atomic mass is 16.5. The quantitative estimate of drug-likeness (QED) is 0.607. The van der Waals surface area contributed by atoms with Gasteiger partial charge in [-0.2, -0.15) is 0 Å². The first-order valence-corrected chi connectivity index (χ1v) is 9.32. The van der Waals surface area contributed by atoms with Crippen LogP contribution in [-0.2, 0) is 0 Å². The number of hydrogen-bond acceptors (Lipinski definition) is 3. The summed E-state index contributed by atoms with van der Waals surface area (Å²) in [6, 6.07) is 12.2. The average molecular weight is 348 g/mol. The van der Waals surface area contributed by atoms with Gasteiger partial charge in [0.25, 0.3) is 0 Å². The second-order valence-corrected chi connectivity index (χ2v) is 7.16. The lowest BCUT2D eigenvalue weighted by Gasteiger charge is -2.17. The molecule has 1 aromatic carbocycles.